The van der Waals surface area contributed by atoms with Crippen LogP contribution in [0.3, 0.4) is 0 Å². The van der Waals surface area contributed by atoms with Gasteiger partial charge in [-0.1, -0.05) is 27.7 Å². The van der Waals surface area contributed by atoms with Crippen molar-refractivity contribution >= 4 is 5.97 Å². The van der Waals surface area contributed by atoms with Gasteiger partial charge >= 0.3 is 5.97 Å². The molecule has 0 saturated heterocycles. The number of carboxylic acids is 1. The number of hydrogen-bond acceptors (Lipinski definition) is 2. The van der Waals surface area contributed by atoms with Gasteiger partial charge in [-0.15, -0.1) is 0 Å². The van der Waals surface area contributed by atoms with Crippen molar-refractivity contribution in [3.63, 3.8) is 0 Å². The summed E-state index contributed by atoms with van der Waals surface area (Å²) in [7, 11) is 0. The molecule has 2 rings (SSSR count). The Balaban J connectivity index is 2.66. The highest BCUT2D eigenvalue weighted by Gasteiger charge is 2.37. The van der Waals surface area contributed by atoms with Gasteiger partial charge in [0, 0.05) is 5.69 Å². The zero-order valence-electron chi connectivity index (χ0n) is 10.9. The van der Waals surface area contributed by atoms with Crippen LogP contribution >= 0.6 is 0 Å². The van der Waals surface area contributed by atoms with Crippen LogP contribution in [0.4, 0.5) is 0 Å². The number of pyridine rings is 1. The van der Waals surface area contributed by atoms with Crippen LogP contribution in [0.1, 0.15) is 67.3 Å². The van der Waals surface area contributed by atoms with Crippen molar-refractivity contribution < 1.29 is 9.90 Å². The smallest absolute Gasteiger partial charge is 0.337 e. The maximum absolute atomic E-state index is 11.2. The molecule has 0 bridgehead atoms. The molecule has 0 aromatic carbocycles. The van der Waals surface area contributed by atoms with E-state index >= 15 is 0 Å². The molecule has 1 aliphatic carbocycles. The average Bonchev–Trinajstić information content (AvgIpc) is 2.47. The largest absolute Gasteiger partial charge is 0.478 e. The standard InChI is InChI=1S/C14H19NO2/c1-5-11-9(13(16)17)6-10-12(15-11)8(2)7-14(10,3)4/h6,8H,5,7H2,1-4H3,(H,16,17). The second-order valence-corrected chi connectivity index (χ2v) is 5.56. The zero-order chi connectivity index (χ0) is 12.8. The predicted octanol–water partition coefficient (Wildman–Crippen LogP) is 3.13. The number of aromatic nitrogens is 1. The van der Waals surface area contributed by atoms with Gasteiger partial charge in [-0.2, -0.15) is 0 Å². The van der Waals surface area contributed by atoms with E-state index in [1.54, 1.807) is 0 Å². The molecule has 17 heavy (non-hydrogen) atoms. The van der Waals surface area contributed by atoms with E-state index < -0.39 is 5.97 Å². The lowest BCUT2D eigenvalue weighted by atomic mass is 9.85. The van der Waals surface area contributed by atoms with Gasteiger partial charge in [0.2, 0.25) is 0 Å². The molecule has 1 aromatic rings. The minimum atomic E-state index is -0.868. The molecule has 92 valence electrons. The number of carbonyl (C=O) groups is 1. The van der Waals surface area contributed by atoms with Crippen LogP contribution in [0.25, 0.3) is 0 Å². The summed E-state index contributed by atoms with van der Waals surface area (Å²) in [6.07, 6.45) is 1.71. The van der Waals surface area contributed by atoms with Gasteiger partial charge in [0.15, 0.2) is 0 Å². The van der Waals surface area contributed by atoms with Crippen LogP contribution in [-0.2, 0) is 11.8 Å². The van der Waals surface area contributed by atoms with Gasteiger partial charge in [0.1, 0.15) is 0 Å². The van der Waals surface area contributed by atoms with Crippen molar-refractivity contribution in [2.75, 3.05) is 0 Å². The first-order valence-corrected chi connectivity index (χ1v) is 6.14. The summed E-state index contributed by atoms with van der Waals surface area (Å²) in [5.74, 6) is -0.444. The fraction of sp³-hybridized carbons (Fsp3) is 0.571. The molecule has 3 heteroatoms. The highest BCUT2D eigenvalue weighted by molar-refractivity contribution is 5.89. The van der Waals surface area contributed by atoms with Crippen LogP contribution in [0.15, 0.2) is 6.07 Å². The van der Waals surface area contributed by atoms with E-state index in [-0.39, 0.29) is 5.41 Å². The summed E-state index contributed by atoms with van der Waals surface area (Å²) in [5.41, 5.74) is 3.32. The molecular weight excluding hydrogens is 214 g/mol. The monoisotopic (exact) mass is 233 g/mol. The Morgan fingerprint density at radius 3 is 2.76 bits per heavy atom. The van der Waals surface area contributed by atoms with Crippen molar-refractivity contribution in [1.29, 1.82) is 0 Å². The van der Waals surface area contributed by atoms with Gasteiger partial charge in [0.05, 0.1) is 11.3 Å². The SMILES string of the molecule is CCc1nc2c(cc1C(=O)O)C(C)(C)CC2C. The summed E-state index contributed by atoms with van der Waals surface area (Å²) in [5, 5.41) is 9.22. The van der Waals surface area contributed by atoms with E-state index in [0.29, 0.717) is 23.6 Å². The summed E-state index contributed by atoms with van der Waals surface area (Å²) in [6, 6.07) is 1.84. The lowest BCUT2D eigenvalue weighted by molar-refractivity contribution is 0.0695. The number of hydrogen-bond donors (Lipinski definition) is 1. The Morgan fingerprint density at radius 2 is 2.24 bits per heavy atom. The number of aryl methyl sites for hydroxylation is 1. The Morgan fingerprint density at radius 1 is 1.59 bits per heavy atom. The van der Waals surface area contributed by atoms with Gasteiger partial charge < -0.3 is 5.11 Å². The van der Waals surface area contributed by atoms with E-state index in [0.717, 1.165) is 17.7 Å². The van der Waals surface area contributed by atoms with Gasteiger partial charge in [-0.05, 0) is 35.8 Å². The number of nitrogens with zero attached hydrogens (tertiary/aromatic N) is 1. The topological polar surface area (TPSA) is 50.2 Å². The maximum Gasteiger partial charge on any atom is 0.337 e. The lowest BCUT2D eigenvalue weighted by Gasteiger charge is -2.19. The molecule has 1 N–H and O–H groups in total. The molecule has 0 spiro atoms. The summed E-state index contributed by atoms with van der Waals surface area (Å²) >= 11 is 0. The Labute approximate surface area is 102 Å². The Kier molecular flexibility index (Phi) is 2.72. The molecule has 0 fully saturated rings. The highest BCUT2D eigenvalue weighted by atomic mass is 16.4. The molecule has 0 aliphatic heterocycles. The van der Waals surface area contributed by atoms with Crippen molar-refractivity contribution in [1.82, 2.24) is 4.98 Å². The first-order valence-electron chi connectivity index (χ1n) is 6.14. The minimum absolute atomic E-state index is 0.0399. The first kappa shape index (κ1) is 12.1. The molecule has 1 aliphatic rings. The molecule has 0 radical (unpaired) electrons. The van der Waals surface area contributed by atoms with Crippen LogP contribution < -0.4 is 0 Å². The van der Waals surface area contributed by atoms with Gasteiger partial charge in [-0.3, -0.25) is 4.98 Å². The first-order chi connectivity index (χ1) is 7.86. The zero-order valence-corrected chi connectivity index (χ0v) is 10.9. The highest BCUT2D eigenvalue weighted by Crippen LogP contribution is 2.45. The summed E-state index contributed by atoms with van der Waals surface area (Å²) < 4.78 is 0. The van der Waals surface area contributed by atoms with Crippen LogP contribution in [0, 0.1) is 0 Å². The number of fused-ring (bicyclic) bond motifs is 1. The van der Waals surface area contributed by atoms with Crippen LogP contribution in [0.2, 0.25) is 0 Å². The third-order valence-corrected chi connectivity index (χ3v) is 3.71. The Hall–Kier alpha value is -1.38. The van der Waals surface area contributed by atoms with Crippen LogP contribution in [0.5, 0.6) is 0 Å². The second-order valence-electron chi connectivity index (χ2n) is 5.56. The molecule has 1 heterocycles. The number of carboxylic acid groups (broad SMARTS) is 1. The summed E-state index contributed by atoms with van der Waals surface area (Å²) in [4.78, 5) is 15.8. The summed E-state index contributed by atoms with van der Waals surface area (Å²) in [6.45, 7) is 8.44. The normalized spacial score (nSPS) is 21.3. The lowest BCUT2D eigenvalue weighted by Crippen LogP contribution is -2.15. The van der Waals surface area contributed by atoms with E-state index in [2.05, 4.69) is 25.8 Å². The second kappa shape index (κ2) is 3.83. The molecular formula is C14H19NO2. The van der Waals surface area contributed by atoms with E-state index in [9.17, 15) is 9.90 Å². The van der Waals surface area contributed by atoms with Crippen molar-refractivity contribution in [3.8, 4) is 0 Å². The van der Waals surface area contributed by atoms with Gasteiger partial charge in [-0.25, -0.2) is 4.79 Å². The molecule has 1 unspecified atom stereocenters. The van der Waals surface area contributed by atoms with E-state index in [1.807, 2.05) is 13.0 Å². The van der Waals surface area contributed by atoms with E-state index in [1.165, 1.54) is 0 Å². The van der Waals surface area contributed by atoms with Crippen molar-refractivity contribution in [3.05, 3.63) is 28.6 Å². The van der Waals surface area contributed by atoms with Crippen LogP contribution in [-0.4, -0.2) is 16.1 Å². The van der Waals surface area contributed by atoms with Gasteiger partial charge in [0.25, 0.3) is 0 Å². The van der Waals surface area contributed by atoms with Crippen molar-refractivity contribution in [2.45, 2.75) is 51.9 Å². The molecule has 0 amide bonds. The predicted molar refractivity (Wildman–Crippen MR) is 66.6 cm³/mol. The average molecular weight is 233 g/mol. The third kappa shape index (κ3) is 1.84. The number of aromatic carboxylic acids is 1. The molecule has 1 atom stereocenters. The fourth-order valence-electron chi connectivity index (χ4n) is 2.91. The van der Waals surface area contributed by atoms with E-state index in [4.69, 9.17) is 0 Å². The molecule has 1 aromatic heterocycles. The quantitative estimate of drug-likeness (QED) is 0.853. The molecule has 3 nitrogen and oxygen atoms in total. The van der Waals surface area contributed by atoms with Crippen molar-refractivity contribution in [2.24, 2.45) is 0 Å². The minimum Gasteiger partial charge on any atom is -0.478 e. The fourth-order valence-corrected chi connectivity index (χ4v) is 2.91. The Bertz CT molecular complexity index is 477. The third-order valence-electron chi connectivity index (χ3n) is 3.71. The molecule has 0 saturated carbocycles. The number of rotatable bonds is 2. The maximum atomic E-state index is 11.2.